The van der Waals surface area contributed by atoms with Crippen LogP contribution >= 0.6 is 0 Å². The van der Waals surface area contributed by atoms with Gasteiger partial charge in [0.2, 0.25) is 11.8 Å². The molecule has 2 atom stereocenters. The predicted octanol–water partition coefficient (Wildman–Crippen LogP) is 3.34. The third-order valence-electron chi connectivity index (χ3n) is 6.93. The number of aryl methyl sites for hydroxylation is 2. The summed E-state index contributed by atoms with van der Waals surface area (Å²) in [7, 11) is 1.40. The third-order valence-corrected chi connectivity index (χ3v) is 6.93. The van der Waals surface area contributed by atoms with Gasteiger partial charge in [0.05, 0.1) is 24.9 Å². The molecule has 3 aromatic carbocycles. The second kappa shape index (κ2) is 14.1. The van der Waals surface area contributed by atoms with Gasteiger partial charge in [-0.3, -0.25) is 9.59 Å². The molecule has 0 bridgehead atoms. The first kappa shape index (κ1) is 31.6. The smallest absolute Gasteiger partial charge is 0.339 e. The minimum atomic E-state index is -1.12. The molecule has 10 nitrogen and oxygen atoms in total. The average Bonchev–Trinajstić information content (AvgIpc) is 2.96. The lowest BCUT2D eigenvalue weighted by atomic mass is 9.93. The van der Waals surface area contributed by atoms with Crippen LogP contribution in [0.3, 0.4) is 0 Å². The van der Waals surface area contributed by atoms with Crippen molar-refractivity contribution in [2.24, 2.45) is 16.5 Å². The maximum Gasteiger partial charge on any atom is 0.339 e. The Morgan fingerprint density at radius 3 is 2.21 bits per heavy atom. The van der Waals surface area contributed by atoms with Crippen molar-refractivity contribution in [3.63, 3.8) is 0 Å². The van der Waals surface area contributed by atoms with Gasteiger partial charge in [-0.05, 0) is 79.3 Å². The van der Waals surface area contributed by atoms with Crippen LogP contribution in [0.25, 0.3) is 5.70 Å². The van der Waals surface area contributed by atoms with Gasteiger partial charge in [-0.1, -0.05) is 43.0 Å². The van der Waals surface area contributed by atoms with E-state index in [4.69, 9.17) is 16.2 Å². The number of hydrogen-bond donors (Lipinski definition) is 5. The van der Waals surface area contributed by atoms with Crippen molar-refractivity contribution in [1.29, 1.82) is 0 Å². The molecule has 0 aromatic heterocycles. The molecule has 0 heterocycles. The van der Waals surface area contributed by atoms with Gasteiger partial charge in [-0.25, -0.2) is 9.79 Å². The fraction of sp³-hybridized carbons (Fsp3) is 0.250. The number of rotatable bonds is 13. The summed E-state index contributed by atoms with van der Waals surface area (Å²) >= 11 is 0. The number of hydrogen-bond acceptors (Lipinski definition) is 6. The topological polar surface area (TPSA) is 169 Å². The number of aromatic carboxylic acids is 1. The number of ether oxygens (including phenoxy) is 1. The van der Waals surface area contributed by atoms with Crippen molar-refractivity contribution < 1.29 is 24.2 Å². The zero-order chi connectivity index (χ0) is 31.0. The largest absolute Gasteiger partial charge is 0.496 e. The van der Waals surface area contributed by atoms with Crippen LogP contribution in [-0.4, -0.2) is 47.9 Å². The Morgan fingerprint density at radius 2 is 1.64 bits per heavy atom. The highest BCUT2D eigenvalue weighted by molar-refractivity contribution is 5.95. The molecule has 2 amide bonds. The zero-order valence-corrected chi connectivity index (χ0v) is 24.2. The monoisotopic (exact) mass is 571 g/mol. The van der Waals surface area contributed by atoms with Crippen molar-refractivity contribution in [2.45, 2.75) is 45.8 Å². The quantitative estimate of drug-likeness (QED) is 0.155. The van der Waals surface area contributed by atoms with E-state index in [1.54, 1.807) is 31.2 Å². The number of aliphatic imine (C=N–C) groups is 1. The Balaban J connectivity index is 1.86. The Hall–Kier alpha value is -4.96. The van der Waals surface area contributed by atoms with E-state index in [1.165, 1.54) is 13.2 Å². The maximum atomic E-state index is 13.6. The van der Waals surface area contributed by atoms with Crippen molar-refractivity contribution in [3.8, 4) is 5.75 Å². The van der Waals surface area contributed by atoms with E-state index >= 15 is 0 Å². The van der Waals surface area contributed by atoms with E-state index in [1.807, 2.05) is 44.2 Å². The van der Waals surface area contributed by atoms with Crippen LogP contribution in [0, 0.1) is 13.8 Å². The molecular formula is C32H37N5O5. The van der Waals surface area contributed by atoms with Crippen LogP contribution in [0.4, 0.5) is 0 Å². The summed E-state index contributed by atoms with van der Waals surface area (Å²) in [6.07, 6.45) is 0.283. The molecule has 220 valence electrons. The van der Waals surface area contributed by atoms with Gasteiger partial charge in [-0.15, -0.1) is 0 Å². The molecule has 0 saturated carbocycles. The Labute approximate surface area is 245 Å². The van der Waals surface area contributed by atoms with Crippen molar-refractivity contribution in [3.05, 3.63) is 106 Å². The minimum Gasteiger partial charge on any atom is -0.496 e. The molecule has 0 spiro atoms. The average molecular weight is 572 g/mol. The molecule has 0 aliphatic carbocycles. The van der Waals surface area contributed by atoms with E-state index < -0.39 is 24.0 Å². The summed E-state index contributed by atoms with van der Waals surface area (Å²) in [5.41, 5.74) is 16.5. The molecule has 2 unspecified atom stereocenters. The van der Waals surface area contributed by atoms with Crippen LogP contribution in [-0.2, 0) is 17.8 Å². The van der Waals surface area contributed by atoms with Crippen molar-refractivity contribution in [2.75, 3.05) is 7.11 Å². The SMILES string of the molecule is C=C(/N=C(\N)C(C)NC(=O)C(Cc1c(C)cc(C(N)=O)cc1C)NCc1ccc(OC)c(C(=O)O)c1)c1ccccc1. The number of carbonyl (C=O) groups excluding carboxylic acids is 2. The lowest BCUT2D eigenvalue weighted by molar-refractivity contribution is -0.123. The standard InChI is InChI=1S/C32H37N5O5/c1-18-13-24(30(34)38)14-19(2)25(18)16-27(35-17-22-11-12-28(42-5)26(15-22)32(40)41)31(39)37-21(4)29(33)36-20(3)23-9-7-6-8-10-23/h6-15,21,27,35H,3,16-17H2,1-2,4-5H3,(H2,33,36)(H2,34,38)(H,37,39)(H,40,41). The third kappa shape index (κ3) is 8.05. The summed E-state index contributed by atoms with van der Waals surface area (Å²) in [4.78, 5) is 41.4. The number of amidine groups is 1. The van der Waals surface area contributed by atoms with Crippen LogP contribution in [0.5, 0.6) is 5.75 Å². The van der Waals surface area contributed by atoms with Crippen LogP contribution in [0.1, 0.15) is 55.5 Å². The van der Waals surface area contributed by atoms with Gasteiger partial charge in [0.1, 0.15) is 17.1 Å². The molecule has 3 aromatic rings. The Kier molecular flexibility index (Phi) is 10.6. The van der Waals surface area contributed by atoms with Gasteiger partial charge in [-0.2, -0.15) is 0 Å². The van der Waals surface area contributed by atoms with Crippen LogP contribution in [0.15, 0.2) is 72.2 Å². The minimum absolute atomic E-state index is 0.0165. The van der Waals surface area contributed by atoms with Gasteiger partial charge in [0, 0.05) is 12.1 Å². The highest BCUT2D eigenvalue weighted by atomic mass is 16.5. The van der Waals surface area contributed by atoms with Crippen molar-refractivity contribution in [1.82, 2.24) is 10.6 Å². The molecule has 3 rings (SSSR count). The molecule has 0 fully saturated rings. The molecular weight excluding hydrogens is 534 g/mol. The highest BCUT2D eigenvalue weighted by Gasteiger charge is 2.24. The number of benzene rings is 3. The number of nitrogens with one attached hydrogen (secondary N) is 2. The fourth-order valence-corrected chi connectivity index (χ4v) is 4.53. The zero-order valence-electron chi connectivity index (χ0n) is 24.2. The second-order valence-corrected chi connectivity index (χ2v) is 10.0. The maximum absolute atomic E-state index is 13.6. The highest BCUT2D eigenvalue weighted by Crippen LogP contribution is 2.22. The van der Waals surface area contributed by atoms with Crippen LogP contribution in [0.2, 0.25) is 0 Å². The van der Waals surface area contributed by atoms with E-state index in [0.29, 0.717) is 16.8 Å². The lowest BCUT2D eigenvalue weighted by Gasteiger charge is -2.23. The van der Waals surface area contributed by atoms with Gasteiger partial charge >= 0.3 is 5.97 Å². The van der Waals surface area contributed by atoms with E-state index in [0.717, 1.165) is 22.3 Å². The summed E-state index contributed by atoms with van der Waals surface area (Å²) in [5.74, 6) is -1.56. The number of nitrogens with two attached hydrogens (primary N) is 2. The first-order valence-corrected chi connectivity index (χ1v) is 13.3. The molecule has 7 N–H and O–H groups in total. The van der Waals surface area contributed by atoms with Gasteiger partial charge in [0.25, 0.3) is 0 Å². The Morgan fingerprint density at radius 1 is 1.00 bits per heavy atom. The van der Waals surface area contributed by atoms with Gasteiger partial charge < -0.3 is 31.9 Å². The Bertz CT molecular complexity index is 1490. The van der Waals surface area contributed by atoms with E-state index in [-0.39, 0.29) is 36.0 Å². The summed E-state index contributed by atoms with van der Waals surface area (Å²) in [6.45, 7) is 9.61. The molecule has 0 saturated heterocycles. The first-order valence-electron chi connectivity index (χ1n) is 13.3. The fourth-order valence-electron chi connectivity index (χ4n) is 4.53. The summed E-state index contributed by atoms with van der Waals surface area (Å²) in [6, 6.07) is 16.2. The molecule has 0 aliphatic rings. The summed E-state index contributed by atoms with van der Waals surface area (Å²) < 4.78 is 5.15. The van der Waals surface area contributed by atoms with Gasteiger partial charge in [0.15, 0.2) is 0 Å². The number of carbonyl (C=O) groups is 3. The lowest BCUT2D eigenvalue weighted by Crippen LogP contribution is -2.51. The molecule has 0 radical (unpaired) electrons. The number of carboxylic acid groups (broad SMARTS) is 1. The first-order chi connectivity index (χ1) is 19.9. The summed E-state index contributed by atoms with van der Waals surface area (Å²) in [5, 5.41) is 15.7. The number of carboxylic acids is 1. The number of amides is 2. The van der Waals surface area contributed by atoms with Crippen LogP contribution < -0.4 is 26.8 Å². The molecule has 42 heavy (non-hydrogen) atoms. The molecule has 0 aliphatic heterocycles. The predicted molar refractivity (Wildman–Crippen MR) is 163 cm³/mol. The van der Waals surface area contributed by atoms with E-state index in [2.05, 4.69) is 22.2 Å². The van der Waals surface area contributed by atoms with E-state index in [9.17, 15) is 19.5 Å². The number of nitrogens with zero attached hydrogens (tertiary/aromatic N) is 1. The number of primary amides is 1. The van der Waals surface area contributed by atoms with Crippen molar-refractivity contribution >= 4 is 29.3 Å². The number of methoxy groups -OCH3 is 1. The second-order valence-electron chi connectivity index (χ2n) is 10.0. The molecule has 10 heteroatoms. The normalized spacial score (nSPS) is 12.7.